The van der Waals surface area contributed by atoms with Crippen molar-refractivity contribution >= 4 is 5.97 Å². The maximum atomic E-state index is 11.0. The molecule has 3 rings (SSSR count). The molecule has 1 aliphatic carbocycles. The Labute approximate surface area is 129 Å². The minimum Gasteiger partial charge on any atom is -0.480 e. The molecular formula is C17H20N2O3. The van der Waals surface area contributed by atoms with Crippen LogP contribution in [0, 0.1) is 6.92 Å². The first-order valence-electron chi connectivity index (χ1n) is 7.59. The van der Waals surface area contributed by atoms with Gasteiger partial charge in [-0.05, 0) is 31.9 Å². The Morgan fingerprint density at radius 1 is 1.36 bits per heavy atom. The molecule has 1 aromatic heterocycles. The summed E-state index contributed by atoms with van der Waals surface area (Å²) in [7, 11) is 0. The Bertz CT molecular complexity index is 644. The first-order valence-corrected chi connectivity index (χ1v) is 7.59. The van der Waals surface area contributed by atoms with E-state index in [-0.39, 0.29) is 6.54 Å². The number of hydrogen-bond donors (Lipinski definition) is 1. The molecule has 5 nitrogen and oxygen atoms in total. The summed E-state index contributed by atoms with van der Waals surface area (Å²) in [6.45, 7) is 2.61. The first-order chi connectivity index (χ1) is 10.6. The molecular weight excluding hydrogens is 280 g/mol. The van der Waals surface area contributed by atoms with Gasteiger partial charge in [0.2, 0.25) is 5.89 Å². The summed E-state index contributed by atoms with van der Waals surface area (Å²) < 4.78 is 5.54. The molecule has 0 amide bonds. The van der Waals surface area contributed by atoms with Gasteiger partial charge < -0.3 is 9.52 Å². The molecule has 0 radical (unpaired) electrons. The molecule has 1 heterocycles. The van der Waals surface area contributed by atoms with Crippen LogP contribution < -0.4 is 0 Å². The largest absolute Gasteiger partial charge is 0.480 e. The second kappa shape index (κ2) is 6.32. The molecule has 0 unspecified atom stereocenters. The molecule has 1 aromatic carbocycles. The standard InChI is InChI=1S/C17H20N2O3/c1-12-5-7-13(8-6-12)17-18-14(11-22-17)9-19(10-16(20)21)15-3-2-4-15/h5-8,11,15H,2-4,9-10H2,1H3,(H,20,21). The minimum atomic E-state index is -0.797. The summed E-state index contributed by atoms with van der Waals surface area (Å²) in [5, 5.41) is 9.05. The van der Waals surface area contributed by atoms with Crippen LogP contribution in [0.15, 0.2) is 34.9 Å². The van der Waals surface area contributed by atoms with Crippen molar-refractivity contribution in [3.63, 3.8) is 0 Å². The number of nitrogens with zero attached hydrogens (tertiary/aromatic N) is 2. The van der Waals surface area contributed by atoms with Crippen molar-refractivity contribution < 1.29 is 14.3 Å². The summed E-state index contributed by atoms with van der Waals surface area (Å²) in [6.07, 6.45) is 4.93. The van der Waals surface area contributed by atoms with Gasteiger partial charge in [-0.25, -0.2) is 4.98 Å². The lowest BCUT2D eigenvalue weighted by Gasteiger charge is -2.35. The fourth-order valence-corrected chi connectivity index (χ4v) is 2.66. The molecule has 0 atom stereocenters. The van der Waals surface area contributed by atoms with Gasteiger partial charge in [0, 0.05) is 18.2 Å². The molecule has 0 bridgehead atoms. The van der Waals surface area contributed by atoms with Crippen LogP contribution in [-0.2, 0) is 11.3 Å². The molecule has 2 aromatic rings. The van der Waals surface area contributed by atoms with Crippen LogP contribution in [0.5, 0.6) is 0 Å². The van der Waals surface area contributed by atoms with Crippen molar-refractivity contribution in [2.75, 3.05) is 6.54 Å². The fourth-order valence-electron chi connectivity index (χ4n) is 2.66. The molecule has 0 spiro atoms. The zero-order chi connectivity index (χ0) is 15.5. The monoisotopic (exact) mass is 300 g/mol. The van der Waals surface area contributed by atoms with Gasteiger partial charge in [0.1, 0.15) is 6.26 Å². The number of aromatic nitrogens is 1. The van der Waals surface area contributed by atoms with Gasteiger partial charge in [-0.3, -0.25) is 9.69 Å². The van der Waals surface area contributed by atoms with Crippen molar-refractivity contribution in [2.24, 2.45) is 0 Å². The van der Waals surface area contributed by atoms with Gasteiger partial charge in [-0.2, -0.15) is 0 Å². The molecule has 1 fully saturated rings. The van der Waals surface area contributed by atoms with E-state index in [9.17, 15) is 4.79 Å². The van der Waals surface area contributed by atoms with E-state index in [2.05, 4.69) is 4.98 Å². The van der Waals surface area contributed by atoms with E-state index in [1.165, 1.54) is 12.0 Å². The summed E-state index contributed by atoms with van der Waals surface area (Å²) in [5.41, 5.74) is 2.90. The van der Waals surface area contributed by atoms with E-state index < -0.39 is 5.97 Å². The van der Waals surface area contributed by atoms with Crippen LogP contribution in [-0.4, -0.2) is 33.5 Å². The average Bonchev–Trinajstić information content (AvgIpc) is 2.85. The Morgan fingerprint density at radius 2 is 2.09 bits per heavy atom. The number of benzene rings is 1. The second-order valence-electron chi connectivity index (χ2n) is 5.89. The second-order valence-corrected chi connectivity index (χ2v) is 5.89. The van der Waals surface area contributed by atoms with Crippen molar-refractivity contribution in [1.82, 2.24) is 9.88 Å². The van der Waals surface area contributed by atoms with E-state index in [1.54, 1.807) is 6.26 Å². The number of rotatable bonds is 6. The predicted molar refractivity (Wildman–Crippen MR) is 82.4 cm³/mol. The molecule has 0 saturated heterocycles. The zero-order valence-electron chi connectivity index (χ0n) is 12.7. The van der Waals surface area contributed by atoms with Crippen molar-refractivity contribution in [1.29, 1.82) is 0 Å². The number of oxazole rings is 1. The number of carboxylic acid groups (broad SMARTS) is 1. The molecule has 0 aliphatic heterocycles. The summed E-state index contributed by atoms with van der Waals surface area (Å²) >= 11 is 0. The zero-order valence-corrected chi connectivity index (χ0v) is 12.7. The molecule has 1 N–H and O–H groups in total. The van der Waals surface area contributed by atoms with Gasteiger partial charge in [0.15, 0.2) is 0 Å². The van der Waals surface area contributed by atoms with Gasteiger partial charge in [-0.15, -0.1) is 0 Å². The van der Waals surface area contributed by atoms with Gasteiger partial charge in [0.25, 0.3) is 0 Å². The van der Waals surface area contributed by atoms with E-state index in [1.807, 2.05) is 36.1 Å². The average molecular weight is 300 g/mol. The lowest BCUT2D eigenvalue weighted by molar-refractivity contribution is -0.139. The highest BCUT2D eigenvalue weighted by Gasteiger charge is 2.27. The van der Waals surface area contributed by atoms with Crippen molar-refractivity contribution in [3.8, 4) is 11.5 Å². The maximum absolute atomic E-state index is 11.0. The molecule has 116 valence electrons. The SMILES string of the molecule is Cc1ccc(-c2nc(CN(CC(=O)O)C3CCC3)co2)cc1. The normalized spacial score (nSPS) is 15.0. The van der Waals surface area contributed by atoms with Gasteiger partial charge >= 0.3 is 5.97 Å². The van der Waals surface area contributed by atoms with E-state index >= 15 is 0 Å². The Balaban J connectivity index is 1.71. The third kappa shape index (κ3) is 3.36. The maximum Gasteiger partial charge on any atom is 0.317 e. The number of aliphatic carboxylic acids is 1. The van der Waals surface area contributed by atoms with Crippen LogP contribution in [0.25, 0.3) is 11.5 Å². The summed E-state index contributed by atoms with van der Waals surface area (Å²) in [6, 6.07) is 8.35. The number of hydrogen-bond acceptors (Lipinski definition) is 4. The lowest BCUT2D eigenvalue weighted by atomic mass is 9.91. The van der Waals surface area contributed by atoms with Crippen LogP contribution in [0.1, 0.15) is 30.5 Å². The van der Waals surface area contributed by atoms with Crippen LogP contribution in [0.3, 0.4) is 0 Å². The highest BCUT2D eigenvalue weighted by Crippen LogP contribution is 2.26. The van der Waals surface area contributed by atoms with E-state index in [0.29, 0.717) is 18.5 Å². The third-order valence-corrected chi connectivity index (χ3v) is 4.14. The van der Waals surface area contributed by atoms with Crippen molar-refractivity contribution in [3.05, 3.63) is 41.8 Å². The third-order valence-electron chi connectivity index (χ3n) is 4.14. The molecule has 1 aliphatic rings. The van der Waals surface area contributed by atoms with Gasteiger partial charge in [-0.1, -0.05) is 24.1 Å². The molecule has 1 saturated carbocycles. The lowest BCUT2D eigenvalue weighted by Crippen LogP contribution is -2.42. The van der Waals surface area contributed by atoms with Crippen molar-refractivity contribution in [2.45, 2.75) is 38.8 Å². The summed E-state index contributed by atoms with van der Waals surface area (Å²) in [4.78, 5) is 17.5. The first kappa shape index (κ1) is 14.8. The van der Waals surface area contributed by atoms with E-state index in [0.717, 1.165) is 24.1 Å². The predicted octanol–water partition coefficient (Wildman–Crippen LogP) is 3.09. The van der Waals surface area contributed by atoms with E-state index in [4.69, 9.17) is 9.52 Å². The number of carbonyl (C=O) groups is 1. The van der Waals surface area contributed by atoms with Crippen LogP contribution in [0.2, 0.25) is 0 Å². The Kier molecular flexibility index (Phi) is 4.24. The fraction of sp³-hybridized carbons (Fsp3) is 0.412. The number of aryl methyl sites for hydroxylation is 1. The van der Waals surface area contributed by atoms with Crippen LogP contribution in [0.4, 0.5) is 0 Å². The highest BCUT2D eigenvalue weighted by atomic mass is 16.4. The number of carboxylic acids is 1. The smallest absolute Gasteiger partial charge is 0.317 e. The highest BCUT2D eigenvalue weighted by molar-refractivity contribution is 5.69. The topological polar surface area (TPSA) is 66.6 Å². The van der Waals surface area contributed by atoms with Crippen LogP contribution >= 0.6 is 0 Å². The summed E-state index contributed by atoms with van der Waals surface area (Å²) in [5.74, 6) is -0.215. The molecule has 5 heteroatoms. The Morgan fingerprint density at radius 3 is 2.68 bits per heavy atom. The van der Waals surface area contributed by atoms with Gasteiger partial charge in [0.05, 0.1) is 12.2 Å². The minimum absolute atomic E-state index is 0.0530. The quantitative estimate of drug-likeness (QED) is 0.888. The molecule has 22 heavy (non-hydrogen) atoms. The Hall–Kier alpha value is -2.14.